The van der Waals surface area contributed by atoms with Crippen molar-refractivity contribution in [3.8, 4) is 0 Å². The van der Waals surface area contributed by atoms with Crippen LogP contribution in [0.2, 0.25) is 0 Å². The molecular formula is C13H14N2O4S. The number of oxazole rings is 1. The summed E-state index contributed by atoms with van der Waals surface area (Å²) in [6.45, 7) is 1.45. The Bertz CT molecular complexity index is 593. The minimum absolute atomic E-state index is 0.0315. The predicted molar refractivity (Wildman–Crippen MR) is 76.8 cm³/mol. The fourth-order valence-corrected chi connectivity index (χ4v) is 2.30. The molecular weight excluding hydrogens is 280 g/mol. The first-order valence-electron chi connectivity index (χ1n) is 6.04. The third kappa shape index (κ3) is 3.74. The molecule has 0 radical (unpaired) electrons. The molecule has 1 atom stereocenters. The van der Waals surface area contributed by atoms with Gasteiger partial charge in [-0.1, -0.05) is 23.9 Å². The molecule has 0 bridgehead atoms. The Morgan fingerprint density at radius 2 is 2.20 bits per heavy atom. The lowest BCUT2D eigenvalue weighted by atomic mass is 10.2. The zero-order chi connectivity index (χ0) is 14.5. The van der Waals surface area contributed by atoms with Gasteiger partial charge in [0, 0.05) is 12.7 Å². The van der Waals surface area contributed by atoms with Gasteiger partial charge in [0.05, 0.1) is 0 Å². The van der Waals surface area contributed by atoms with Gasteiger partial charge in [0.25, 0.3) is 6.01 Å². The number of rotatable bonds is 6. The quantitative estimate of drug-likeness (QED) is 0.844. The number of nitrogens with one attached hydrogen (secondary N) is 1. The number of fused-ring (bicyclic) bond motifs is 1. The summed E-state index contributed by atoms with van der Waals surface area (Å²) in [5.41, 5.74) is 1.26. The van der Waals surface area contributed by atoms with E-state index in [1.807, 2.05) is 12.1 Å². The second-order valence-electron chi connectivity index (χ2n) is 4.15. The predicted octanol–water partition coefficient (Wildman–Crippen LogP) is 2.36. The average Bonchev–Trinajstić information content (AvgIpc) is 2.79. The molecule has 1 heterocycles. The minimum Gasteiger partial charge on any atom is -0.480 e. The number of carbonyl (C=O) groups is 2. The standard InChI is InChI=1S/C13H14N2O4S/c1-8(16)20-7-6-10(12(17)18)15-13-14-9-4-2-3-5-11(9)19-13/h2-5,10H,6-7H2,1H3,(H,14,15)(H,17,18). The Hall–Kier alpha value is -2.02. The van der Waals surface area contributed by atoms with Crippen molar-refractivity contribution < 1.29 is 19.1 Å². The molecule has 2 rings (SSSR count). The van der Waals surface area contributed by atoms with Crippen molar-refractivity contribution in [2.45, 2.75) is 19.4 Å². The van der Waals surface area contributed by atoms with E-state index in [0.717, 1.165) is 11.8 Å². The first-order valence-corrected chi connectivity index (χ1v) is 7.03. The molecule has 0 aliphatic carbocycles. The highest BCUT2D eigenvalue weighted by atomic mass is 32.2. The second kappa shape index (κ2) is 6.42. The molecule has 20 heavy (non-hydrogen) atoms. The second-order valence-corrected chi connectivity index (χ2v) is 5.42. The van der Waals surface area contributed by atoms with Crippen LogP contribution in [0.25, 0.3) is 11.1 Å². The number of carboxylic acid groups (broad SMARTS) is 1. The summed E-state index contributed by atoms with van der Waals surface area (Å²) in [4.78, 5) is 26.2. The molecule has 7 heteroatoms. The average molecular weight is 294 g/mol. The van der Waals surface area contributed by atoms with E-state index >= 15 is 0 Å². The molecule has 1 aromatic carbocycles. The highest BCUT2D eigenvalue weighted by Crippen LogP contribution is 2.19. The van der Waals surface area contributed by atoms with Crippen LogP contribution in [0.5, 0.6) is 0 Å². The summed E-state index contributed by atoms with van der Waals surface area (Å²) >= 11 is 1.10. The van der Waals surface area contributed by atoms with E-state index in [2.05, 4.69) is 10.3 Å². The van der Waals surface area contributed by atoms with Crippen molar-refractivity contribution in [1.82, 2.24) is 4.98 Å². The van der Waals surface area contributed by atoms with Crippen molar-refractivity contribution >= 4 is 40.0 Å². The highest BCUT2D eigenvalue weighted by molar-refractivity contribution is 8.13. The van der Waals surface area contributed by atoms with E-state index < -0.39 is 12.0 Å². The maximum Gasteiger partial charge on any atom is 0.326 e. The molecule has 1 aromatic heterocycles. The number of para-hydroxylation sites is 2. The molecule has 0 fully saturated rings. The number of hydrogen-bond acceptors (Lipinski definition) is 6. The first kappa shape index (κ1) is 14.4. The third-order valence-electron chi connectivity index (χ3n) is 2.60. The molecule has 0 aliphatic heterocycles. The summed E-state index contributed by atoms with van der Waals surface area (Å²) in [5, 5.41) is 11.9. The van der Waals surface area contributed by atoms with Gasteiger partial charge in [-0.15, -0.1) is 0 Å². The van der Waals surface area contributed by atoms with Crippen LogP contribution in [0.15, 0.2) is 28.7 Å². The van der Waals surface area contributed by atoms with Gasteiger partial charge < -0.3 is 14.8 Å². The fraction of sp³-hybridized carbons (Fsp3) is 0.308. The number of carboxylic acids is 1. The largest absolute Gasteiger partial charge is 0.480 e. The number of nitrogens with zero attached hydrogens (tertiary/aromatic N) is 1. The van der Waals surface area contributed by atoms with E-state index in [-0.39, 0.29) is 11.1 Å². The number of thioether (sulfide) groups is 1. The topological polar surface area (TPSA) is 92.4 Å². The monoisotopic (exact) mass is 294 g/mol. The van der Waals surface area contributed by atoms with E-state index in [9.17, 15) is 9.59 Å². The van der Waals surface area contributed by atoms with Crippen molar-refractivity contribution in [3.63, 3.8) is 0 Å². The number of carbonyl (C=O) groups excluding carboxylic acids is 1. The van der Waals surface area contributed by atoms with E-state index in [0.29, 0.717) is 23.3 Å². The lowest BCUT2D eigenvalue weighted by Gasteiger charge is -2.11. The first-order chi connectivity index (χ1) is 9.56. The highest BCUT2D eigenvalue weighted by Gasteiger charge is 2.19. The molecule has 6 nitrogen and oxygen atoms in total. The maximum atomic E-state index is 11.2. The molecule has 0 saturated heterocycles. The molecule has 0 amide bonds. The van der Waals surface area contributed by atoms with Gasteiger partial charge in [-0.25, -0.2) is 4.79 Å². The van der Waals surface area contributed by atoms with Gasteiger partial charge in [0.2, 0.25) is 0 Å². The van der Waals surface area contributed by atoms with Crippen molar-refractivity contribution in [3.05, 3.63) is 24.3 Å². The Kier molecular flexibility index (Phi) is 4.62. The lowest BCUT2D eigenvalue weighted by Crippen LogP contribution is -2.30. The normalized spacial score (nSPS) is 12.2. The third-order valence-corrected chi connectivity index (χ3v) is 3.45. The number of aromatic nitrogens is 1. The van der Waals surface area contributed by atoms with Crippen LogP contribution in [0.1, 0.15) is 13.3 Å². The molecule has 0 saturated carbocycles. The van der Waals surface area contributed by atoms with Crippen LogP contribution < -0.4 is 5.32 Å². The van der Waals surface area contributed by atoms with Crippen LogP contribution in [-0.4, -0.2) is 33.0 Å². The summed E-state index contributed by atoms with van der Waals surface area (Å²) in [7, 11) is 0. The number of anilines is 1. The van der Waals surface area contributed by atoms with Crippen LogP contribution in [0, 0.1) is 0 Å². The molecule has 106 valence electrons. The van der Waals surface area contributed by atoms with Crippen LogP contribution in [-0.2, 0) is 9.59 Å². The molecule has 2 aromatic rings. The molecule has 2 N–H and O–H groups in total. The Morgan fingerprint density at radius 1 is 1.45 bits per heavy atom. The van der Waals surface area contributed by atoms with Gasteiger partial charge in [0.15, 0.2) is 10.7 Å². The van der Waals surface area contributed by atoms with Gasteiger partial charge in [-0.05, 0) is 18.6 Å². The van der Waals surface area contributed by atoms with E-state index in [4.69, 9.17) is 9.52 Å². The van der Waals surface area contributed by atoms with Crippen LogP contribution in [0.3, 0.4) is 0 Å². The summed E-state index contributed by atoms with van der Waals surface area (Å²) in [5.74, 6) is -0.573. The van der Waals surface area contributed by atoms with Crippen molar-refractivity contribution in [1.29, 1.82) is 0 Å². The Labute approximate surface area is 119 Å². The summed E-state index contributed by atoms with van der Waals surface area (Å²) in [6.07, 6.45) is 0.304. The van der Waals surface area contributed by atoms with E-state index in [1.54, 1.807) is 12.1 Å². The SMILES string of the molecule is CC(=O)SCCC(Nc1nc2ccccc2o1)C(=O)O. The number of benzene rings is 1. The lowest BCUT2D eigenvalue weighted by molar-refractivity contribution is -0.138. The zero-order valence-corrected chi connectivity index (χ0v) is 11.6. The molecule has 0 spiro atoms. The van der Waals surface area contributed by atoms with Gasteiger partial charge in [-0.3, -0.25) is 4.79 Å². The molecule has 0 aliphatic rings. The minimum atomic E-state index is -1.00. The fourth-order valence-electron chi connectivity index (χ4n) is 1.66. The van der Waals surface area contributed by atoms with Gasteiger partial charge in [-0.2, -0.15) is 4.98 Å². The smallest absolute Gasteiger partial charge is 0.326 e. The molecule has 1 unspecified atom stereocenters. The Morgan fingerprint density at radius 3 is 2.85 bits per heavy atom. The van der Waals surface area contributed by atoms with Gasteiger partial charge in [0.1, 0.15) is 11.6 Å². The maximum absolute atomic E-state index is 11.2. The number of aliphatic carboxylic acids is 1. The van der Waals surface area contributed by atoms with Crippen molar-refractivity contribution in [2.24, 2.45) is 0 Å². The van der Waals surface area contributed by atoms with E-state index in [1.165, 1.54) is 6.92 Å². The summed E-state index contributed by atoms with van der Waals surface area (Å²) < 4.78 is 5.42. The summed E-state index contributed by atoms with van der Waals surface area (Å²) in [6, 6.07) is 6.52. The van der Waals surface area contributed by atoms with Crippen LogP contribution in [0.4, 0.5) is 6.01 Å². The number of hydrogen-bond donors (Lipinski definition) is 2. The van der Waals surface area contributed by atoms with Crippen LogP contribution >= 0.6 is 11.8 Å². The Balaban J connectivity index is 2.03. The zero-order valence-electron chi connectivity index (χ0n) is 10.8. The van der Waals surface area contributed by atoms with Crippen molar-refractivity contribution in [2.75, 3.05) is 11.1 Å². The van der Waals surface area contributed by atoms with Gasteiger partial charge >= 0.3 is 5.97 Å².